The van der Waals surface area contributed by atoms with E-state index in [1.807, 2.05) is 19.1 Å². The second kappa shape index (κ2) is 4.71. The van der Waals surface area contributed by atoms with Crippen LogP contribution in [-0.4, -0.2) is 31.7 Å². The molecular formula is C10H9N3OS2. The Morgan fingerprint density at radius 1 is 1.69 bits per heavy atom. The summed E-state index contributed by atoms with van der Waals surface area (Å²) in [5, 5.41) is 5.49. The van der Waals surface area contributed by atoms with Crippen LogP contribution < -0.4 is 0 Å². The van der Waals surface area contributed by atoms with Crippen LogP contribution >= 0.6 is 24.0 Å². The molecule has 0 saturated carbocycles. The normalized spacial score (nSPS) is 17.1. The van der Waals surface area contributed by atoms with Gasteiger partial charge in [-0.25, -0.2) is 0 Å². The van der Waals surface area contributed by atoms with Gasteiger partial charge in [0.05, 0.1) is 11.5 Å². The fourth-order valence-corrected chi connectivity index (χ4v) is 2.18. The summed E-state index contributed by atoms with van der Waals surface area (Å²) >= 11 is 6.37. The van der Waals surface area contributed by atoms with Gasteiger partial charge in [-0.05, 0) is 13.0 Å². The van der Waals surface area contributed by atoms with Crippen LogP contribution in [0.1, 0.15) is 12.5 Å². The van der Waals surface area contributed by atoms with Crippen LogP contribution in [0, 0.1) is 0 Å². The number of carbonyl (C=O) groups is 1. The third-order valence-electron chi connectivity index (χ3n) is 2.06. The fourth-order valence-electron chi connectivity index (χ4n) is 1.23. The zero-order chi connectivity index (χ0) is 11.5. The molecule has 2 heterocycles. The summed E-state index contributed by atoms with van der Waals surface area (Å²) in [6, 6.07) is 3.72. The number of rotatable bonds is 2. The molecule has 4 nitrogen and oxygen atoms in total. The standard InChI is InChI=1S/C10H9N3OS2/c1-7(8-3-2-4-11-5-8)12-13-9(14)6-16-10(13)15/h2-5H,6H2,1H3. The molecule has 0 N–H and O–H groups in total. The number of aromatic nitrogens is 1. The van der Waals surface area contributed by atoms with Crippen molar-refractivity contribution in [3.63, 3.8) is 0 Å². The third kappa shape index (κ3) is 2.28. The van der Waals surface area contributed by atoms with Crippen molar-refractivity contribution in [3.05, 3.63) is 30.1 Å². The Balaban J connectivity index is 2.25. The monoisotopic (exact) mass is 251 g/mol. The van der Waals surface area contributed by atoms with Crippen molar-refractivity contribution >= 4 is 39.9 Å². The van der Waals surface area contributed by atoms with Crippen LogP contribution in [0.5, 0.6) is 0 Å². The highest BCUT2D eigenvalue weighted by atomic mass is 32.2. The first-order valence-corrected chi connectivity index (χ1v) is 6.03. The van der Waals surface area contributed by atoms with Crippen LogP contribution in [0.15, 0.2) is 29.6 Å². The van der Waals surface area contributed by atoms with E-state index in [2.05, 4.69) is 10.1 Å². The van der Waals surface area contributed by atoms with Crippen molar-refractivity contribution in [2.24, 2.45) is 5.10 Å². The van der Waals surface area contributed by atoms with Crippen molar-refractivity contribution in [1.29, 1.82) is 0 Å². The number of hydrogen-bond donors (Lipinski definition) is 0. The van der Waals surface area contributed by atoms with Crippen molar-refractivity contribution in [3.8, 4) is 0 Å². The van der Waals surface area contributed by atoms with Gasteiger partial charge < -0.3 is 0 Å². The Labute approximate surface area is 103 Å². The van der Waals surface area contributed by atoms with Gasteiger partial charge in [-0.15, -0.1) is 0 Å². The Bertz CT molecular complexity index is 442. The molecule has 1 fully saturated rings. The molecule has 1 saturated heterocycles. The topological polar surface area (TPSA) is 45.6 Å². The first-order valence-electron chi connectivity index (χ1n) is 4.64. The molecule has 0 radical (unpaired) electrons. The summed E-state index contributed by atoms with van der Waals surface area (Å²) in [4.78, 5) is 15.4. The van der Waals surface area contributed by atoms with Crippen molar-refractivity contribution < 1.29 is 4.79 Å². The maximum absolute atomic E-state index is 11.4. The van der Waals surface area contributed by atoms with Gasteiger partial charge in [-0.3, -0.25) is 9.78 Å². The summed E-state index contributed by atoms with van der Waals surface area (Å²) in [6.45, 7) is 1.83. The molecule has 0 atom stereocenters. The lowest BCUT2D eigenvalue weighted by molar-refractivity contribution is -0.124. The zero-order valence-electron chi connectivity index (χ0n) is 8.58. The Morgan fingerprint density at radius 3 is 3.06 bits per heavy atom. The summed E-state index contributed by atoms with van der Waals surface area (Å²) in [7, 11) is 0. The van der Waals surface area contributed by atoms with E-state index < -0.39 is 0 Å². The Kier molecular flexibility index (Phi) is 3.31. The molecule has 2 rings (SSSR count). The minimum atomic E-state index is -0.0711. The number of amides is 1. The Hall–Kier alpha value is -1.27. The van der Waals surface area contributed by atoms with E-state index in [1.165, 1.54) is 16.8 Å². The van der Waals surface area contributed by atoms with Crippen LogP contribution in [-0.2, 0) is 4.79 Å². The molecular weight excluding hydrogens is 242 g/mol. The Morgan fingerprint density at radius 2 is 2.50 bits per heavy atom. The molecule has 16 heavy (non-hydrogen) atoms. The lowest BCUT2D eigenvalue weighted by Gasteiger charge is -2.09. The van der Waals surface area contributed by atoms with Crippen LogP contribution in [0.2, 0.25) is 0 Å². The van der Waals surface area contributed by atoms with Gasteiger partial charge in [0.25, 0.3) is 5.91 Å². The molecule has 1 aliphatic heterocycles. The molecule has 82 valence electrons. The van der Waals surface area contributed by atoms with E-state index in [4.69, 9.17) is 12.2 Å². The van der Waals surface area contributed by atoms with E-state index in [0.29, 0.717) is 10.1 Å². The van der Waals surface area contributed by atoms with Gasteiger partial charge in [0.2, 0.25) is 0 Å². The molecule has 0 aromatic carbocycles. The van der Waals surface area contributed by atoms with E-state index in [1.54, 1.807) is 12.4 Å². The highest BCUT2D eigenvalue weighted by molar-refractivity contribution is 8.23. The van der Waals surface area contributed by atoms with Crippen LogP contribution in [0.4, 0.5) is 0 Å². The number of nitrogens with zero attached hydrogens (tertiary/aromatic N) is 3. The number of pyridine rings is 1. The predicted molar refractivity (Wildman–Crippen MR) is 68.4 cm³/mol. The summed E-state index contributed by atoms with van der Waals surface area (Å²) < 4.78 is 0.508. The van der Waals surface area contributed by atoms with Crippen LogP contribution in [0.3, 0.4) is 0 Å². The molecule has 1 aliphatic rings. The van der Waals surface area contributed by atoms with Crippen LogP contribution in [0.25, 0.3) is 0 Å². The first kappa shape index (κ1) is 11.2. The quantitative estimate of drug-likeness (QED) is 0.592. The van der Waals surface area contributed by atoms with E-state index in [0.717, 1.165) is 11.3 Å². The minimum Gasteiger partial charge on any atom is -0.272 e. The van der Waals surface area contributed by atoms with Gasteiger partial charge in [0.1, 0.15) is 0 Å². The fraction of sp³-hybridized carbons (Fsp3) is 0.200. The molecule has 0 bridgehead atoms. The summed E-state index contributed by atoms with van der Waals surface area (Å²) in [6.07, 6.45) is 3.40. The van der Waals surface area contributed by atoms with E-state index in [-0.39, 0.29) is 5.91 Å². The number of hydrazone groups is 1. The van der Waals surface area contributed by atoms with Gasteiger partial charge in [0, 0.05) is 18.0 Å². The second-order valence-corrected chi connectivity index (χ2v) is 4.80. The SMILES string of the molecule is CC(=NN1C(=O)CSC1=S)c1cccnc1. The molecule has 0 aliphatic carbocycles. The van der Waals surface area contributed by atoms with Crippen molar-refractivity contribution in [2.75, 3.05) is 5.75 Å². The van der Waals surface area contributed by atoms with Crippen molar-refractivity contribution in [1.82, 2.24) is 9.99 Å². The van der Waals surface area contributed by atoms with Gasteiger partial charge in [-0.2, -0.15) is 10.1 Å². The molecule has 6 heteroatoms. The number of hydrogen-bond acceptors (Lipinski definition) is 5. The average molecular weight is 251 g/mol. The van der Waals surface area contributed by atoms with Crippen molar-refractivity contribution in [2.45, 2.75) is 6.92 Å². The lowest BCUT2D eigenvalue weighted by atomic mass is 10.2. The molecule has 0 spiro atoms. The largest absolute Gasteiger partial charge is 0.272 e. The summed E-state index contributed by atoms with van der Waals surface area (Å²) in [5.41, 5.74) is 1.61. The molecule has 1 aromatic rings. The maximum atomic E-state index is 11.4. The van der Waals surface area contributed by atoms with Gasteiger partial charge in [0.15, 0.2) is 4.32 Å². The smallest absolute Gasteiger partial charge is 0.259 e. The number of thioether (sulfide) groups is 1. The molecule has 1 amide bonds. The molecule has 1 aromatic heterocycles. The van der Waals surface area contributed by atoms with Gasteiger partial charge >= 0.3 is 0 Å². The summed E-state index contributed by atoms with van der Waals surface area (Å²) in [5.74, 6) is 0.307. The predicted octanol–water partition coefficient (Wildman–Crippen LogP) is 1.67. The lowest BCUT2D eigenvalue weighted by Crippen LogP contribution is -2.24. The average Bonchev–Trinajstić information content (AvgIpc) is 2.62. The van der Waals surface area contributed by atoms with Gasteiger partial charge in [-0.1, -0.05) is 30.0 Å². The third-order valence-corrected chi connectivity index (χ3v) is 3.40. The number of thiocarbonyl (C=S) groups is 1. The maximum Gasteiger partial charge on any atom is 0.259 e. The van der Waals surface area contributed by atoms with E-state index >= 15 is 0 Å². The zero-order valence-corrected chi connectivity index (χ0v) is 10.2. The second-order valence-electron chi connectivity index (χ2n) is 3.19. The number of carbonyl (C=O) groups excluding carboxylic acids is 1. The molecule has 0 unspecified atom stereocenters. The highest BCUT2D eigenvalue weighted by Crippen LogP contribution is 2.20. The highest BCUT2D eigenvalue weighted by Gasteiger charge is 2.26. The first-order chi connectivity index (χ1) is 7.68. The van der Waals surface area contributed by atoms with E-state index in [9.17, 15) is 4.79 Å². The minimum absolute atomic E-state index is 0.0711.